The van der Waals surface area contributed by atoms with Crippen LogP contribution in [0.25, 0.3) is 21.5 Å². The molecule has 4 rings (SSSR count). The summed E-state index contributed by atoms with van der Waals surface area (Å²) < 4.78 is 16.0. The van der Waals surface area contributed by atoms with Crippen LogP contribution in [-0.2, 0) is 7.05 Å². The summed E-state index contributed by atoms with van der Waals surface area (Å²) in [6.45, 7) is 6.32. The van der Waals surface area contributed by atoms with E-state index in [1.54, 1.807) is 22.9 Å². The van der Waals surface area contributed by atoms with Gasteiger partial charge in [0.25, 0.3) is 5.91 Å². The van der Waals surface area contributed by atoms with E-state index in [9.17, 15) is 9.18 Å². The number of hydrogen-bond donors (Lipinski definition) is 1. The van der Waals surface area contributed by atoms with E-state index in [0.29, 0.717) is 22.7 Å². The van der Waals surface area contributed by atoms with Gasteiger partial charge < -0.3 is 10.2 Å². The number of piperidine rings is 1. The zero-order chi connectivity index (χ0) is 20.4. The van der Waals surface area contributed by atoms with E-state index in [4.69, 9.17) is 0 Å². The number of carbonyl (C=O) groups is 1. The van der Waals surface area contributed by atoms with Crippen LogP contribution in [0.1, 0.15) is 35.9 Å². The van der Waals surface area contributed by atoms with Crippen LogP contribution in [0.4, 0.5) is 4.39 Å². The molecule has 0 bridgehead atoms. The first-order valence-corrected chi connectivity index (χ1v) is 11.1. The van der Waals surface area contributed by atoms with E-state index < -0.39 is 0 Å². The molecule has 1 N–H and O–H groups in total. The van der Waals surface area contributed by atoms with E-state index in [1.807, 2.05) is 13.1 Å². The van der Waals surface area contributed by atoms with Crippen LogP contribution < -0.4 is 5.32 Å². The monoisotopic (exact) mass is 414 g/mol. The summed E-state index contributed by atoms with van der Waals surface area (Å²) in [6.07, 6.45) is 3.54. The van der Waals surface area contributed by atoms with Crippen molar-refractivity contribution in [1.82, 2.24) is 20.0 Å². The number of likely N-dealkylation sites (tertiary alicyclic amines) is 1. The average Bonchev–Trinajstić information content (AvgIpc) is 3.27. The van der Waals surface area contributed by atoms with E-state index in [-0.39, 0.29) is 11.7 Å². The molecule has 7 heteroatoms. The standard InChI is InChI=1S/C22H27FN4OS/c1-15-7-5-11-27(14-15)12-6-10-24-21(28)19-13-17-20(25-26(2)22(17)29-19)16-8-3-4-9-18(16)23/h3-4,8-9,13,15H,5-7,10-12,14H2,1-2H3,(H,24,28). The van der Waals surface area contributed by atoms with E-state index >= 15 is 0 Å². The summed E-state index contributed by atoms with van der Waals surface area (Å²) in [5, 5.41) is 8.31. The normalized spacial score (nSPS) is 17.7. The van der Waals surface area contributed by atoms with Crippen molar-refractivity contribution in [3.8, 4) is 11.3 Å². The molecule has 1 fully saturated rings. The fraction of sp³-hybridized carbons (Fsp3) is 0.455. The second-order valence-corrected chi connectivity index (χ2v) is 8.97. The van der Waals surface area contributed by atoms with Gasteiger partial charge in [-0.2, -0.15) is 5.10 Å². The quantitative estimate of drug-likeness (QED) is 0.612. The van der Waals surface area contributed by atoms with Gasteiger partial charge in [-0.3, -0.25) is 9.48 Å². The lowest BCUT2D eigenvalue weighted by molar-refractivity contribution is 0.0954. The van der Waals surface area contributed by atoms with Gasteiger partial charge in [-0.05, 0) is 56.5 Å². The van der Waals surface area contributed by atoms with Gasteiger partial charge in [-0.1, -0.05) is 19.1 Å². The third-order valence-corrected chi connectivity index (χ3v) is 6.74. The second kappa shape index (κ2) is 8.63. The molecule has 0 radical (unpaired) electrons. The highest BCUT2D eigenvalue weighted by atomic mass is 32.1. The highest BCUT2D eigenvalue weighted by Crippen LogP contribution is 2.34. The van der Waals surface area contributed by atoms with Crippen molar-refractivity contribution < 1.29 is 9.18 Å². The topological polar surface area (TPSA) is 50.2 Å². The van der Waals surface area contributed by atoms with Crippen LogP contribution in [0.5, 0.6) is 0 Å². The molecule has 1 unspecified atom stereocenters. The van der Waals surface area contributed by atoms with Crippen LogP contribution in [-0.4, -0.2) is 46.8 Å². The summed E-state index contributed by atoms with van der Waals surface area (Å²) >= 11 is 1.40. The Hall–Kier alpha value is -2.25. The molecule has 1 amide bonds. The molecule has 1 aromatic carbocycles. The smallest absolute Gasteiger partial charge is 0.261 e. The number of hydrogen-bond acceptors (Lipinski definition) is 4. The number of nitrogens with zero attached hydrogens (tertiary/aromatic N) is 3. The molecular formula is C22H27FN4OS. The van der Waals surface area contributed by atoms with E-state index in [2.05, 4.69) is 22.2 Å². The van der Waals surface area contributed by atoms with Crippen molar-refractivity contribution in [3.63, 3.8) is 0 Å². The number of thiophene rings is 1. The number of halogens is 1. The summed E-state index contributed by atoms with van der Waals surface area (Å²) in [4.78, 5) is 16.6. The lowest BCUT2D eigenvalue weighted by Crippen LogP contribution is -2.36. The molecule has 154 valence electrons. The first-order chi connectivity index (χ1) is 14.0. The number of aryl methyl sites for hydroxylation is 1. The van der Waals surface area contributed by atoms with Gasteiger partial charge in [0.15, 0.2) is 0 Å². The Morgan fingerprint density at radius 2 is 2.21 bits per heavy atom. The van der Waals surface area contributed by atoms with E-state index in [0.717, 1.165) is 35.6 Å². The lowest BCUT2D eigenvalue weighted by atomic mass is 10.0. The molecule has 1 aliphatic heterocycles. The van der Waals surface area contributed by atoms with Crippen LogP contribution in [0, 0.1) is 11.7 Å². The first kappa shape index (κ1) is 20.0. The van der Waals surface area contributed by atoms with Gasteiger partial charge in [-0.15, -0.1) is 11.3 Å². The van der Waals surface area contributed by atoms with Crippen molar-refractivity contribution >= 4 is 27.5 Å². The van der Waals surface area contributed by atoms with Gasteiger partial charge in [0.05, 0.1) is 4.88 Å². The molecule has 0 spiro atoms. The predicted molar refractivity (Wildman–Crippen MR) is 116 cm³/mol. The minimum atomic E-state index is -0.309. The molecule has 3 heterocycles. The largest absolute Gasteiger partial charge is 0.351 e. The zero-order valence-corrected chi connectivity index (χ0v) is 17.8. The Bertz CT molecular complexity index is 1010. The van der Waals surface area contributed by atoms with Gasteiger partial charge in [0, 0.05) is 31.1 Å². The minimum Gasteiger partial charge on any atom is -0.351 e. The lowest BCUT2D eigenvalue weighted by Gasteiger charge is -2.30. The summed E-state index contributed by atoms with van der Waals surface area (Å²) in [7, 11) is 1.82. The number of nitrogens with one attached hydrogen (secondary N) is 1. The number of rotatable bonds is 6. The number of amides is 1. The predicted octanol–water partition coefficient (Wildman–Crippen LogP) is 4.29. The Morgan fingerprint density at radius 3 is 3.00 bits per heavy atom. The van der Waals surface area contributed by atoms with Gasteiger partial charge in [0.1, 0.15) is 16.3 Å². The fourth-order valence-corrected chi connectivity index (χ4v) is 5.07. The molecule has 3 aromatic rings. The maximum Gasteiger partial charge on any atom is 0.261 e. The van der Waals surface area contributed by atoms with Gasteiger partial charge in [0.2, 0.25) is 0 Å². The van der Waals surface area contributed by atoms with Crippen molar-refractivity contribution in [2.24, 2.45) is 13.0 Å². The molecule has 2 aromatic heterocycles. The molecular weight excluding hydrogens is 387 g/mol. The first-order valence-electron chi connectivity index (χ1n) is 10.2. The highest BCUT2D eigenvalue weighted by molar-refractivity contribution is 7.20. The fourth-order valence-electron chi connectivity index (χ4n) is 4.09. The highest BCUT2D eigenvalue weighted by Gasteiger charge is 2.20. The van der Waals surface area contributed by atoms with Crippen LogP contribution in [0.3, 0.4) is 0 Å². The Kier molecular flexibility index (Phi) is 5.96. The molecule has 29 heavy (non-hydrogen) atoms. The molecule has 1 saturated heterocycles. The summed E-state index contributed by atoms with van der Waals surface area (Å²) in [5.74, 6) is 0.392. The Balaban J connectivity index is 1.41. The third-order valence-electron chi connectivity index (χ3n) is 5.54. The maximum absolute atomic E-state index is 14.2. The van der Waals surface area contributed by atoms with Crippen molar-refractivity contribution in [3.05, 3.63) is 41.0 Å². The van der Waals surface area contributed by atoms with Gasteiger partial charge >= 0.3 is 0 Å². The van der Waals surface area contributed by atoms with Crippen molar-refractivity contribution in [1.29, 1.82) is 0 Å². The molecule has 1 aliphatic rings. The van der Waals surface area contributed by atoms with Gasteiger partial charge in [-0.25, -0.2) is 4.39 Å². The molecule has 0 aliphatic carbocycles. The molecule has 0 saturated carbocycles. The number of carbonyl (C=O) groups excluding carboxylic acids is 1. The van der Waals surface area contributed by atoms with Crippen LogP contribution in [0.2, 0.25) is 0 Å². The second-order valence-electron chi connectivity index (χ2n) is 7.94. The average molecular weight is 415 g/mol. The summed E-state index contributed by atoms with van der Waals surface area (Å²) in [6, 6.07) is 8.43. The minimum absolute atomic E-state index is 0.0716. The summed E-state index contributed by atoms with van der Waals surface area (Å²) in [5.41, 5.74) is 1.04. The number of aromatic nitrogens is 2. The Morgan fingerprint density at radius 1 is 1.38 bits per heavy atom. The zero-order valence-electron chi connectivity index (χ0n) is 16.9. The van der Waals surface area contributed by atoms with Crippen LogP contribution in [0.15, 0.2) is 30.3 Å². The molecule has 1 atom stereocenters. The van der Waals surface area contributed by atoms with E-state index in [1.165, 1.54) is 36.8 Å². The molecule has 5 nitrogen and oxygen atoms in total. The van der Waals surface area contributed by atoms with Crippen molar-refractivity contribution in [2.45, 2.75) is 26.2 Å². The van der Waals surface area contributed by atoms with Crippen LogP contribution >= 0.6 is 11.3 Å². The number of benzene rings is 1. The third kappa shape index (κ3) is 4.36. The SMILES string of the molecule is CC1CCCN(CCCNC(=O)c2cc3c(-c4ccccc4F)nn(C)c3s2)C1. The van der Waals surface area contributed by atoms with Crippen molar-refractivity contribution in [2.75, 3.05) is 26.2 Å². The number of fused-ring (bicyclic) bond motifs is 1. The Labute approximate surface area is 174 Å². The maximum atomic E-state index is 14.2.